The summed E-state index contributed by atoms with van der Waals surface area (Å²) < 4.78 is 6.62. The van der Waals surface area contributed by atoms with Crippen molar-refractivity contribution in [1.29, 1.82) is 0 Å². The largest absolute Gasteiger partial charge is 0.468 e. The Labute approximate surface area is 121 Å². The van der Waals surface area contributed by atoms with Gasteiger partial charge in [0.2, 0.25) is 0 Å². The van der Waals surface area contributed by atoms with Crippen LogP contribution in [0.2, 0.25) is 0 Å². The number of fused-ring (bicyclic) bond motifs is 1. The van der Waals surface area contributed by atoms with E-state index in [0.29, 0.717) is 6.42 Å². The van der Waals surface area contributed by atoms with Crippen LogP contribution >= 0.6 is 11.8 Å². The van der Waals surface area contributed by atoms with Gasteiger partial charge in [0.05, 0.1) is 7.11 Å². The molecule has 0 aliphatic rings. The van der Waals surface area contributed by atoms with Crippen LogP contribution in [0.5, 0.6) is 0 Å². The number of pyridine rings is 1. The molecule has 0 saturated carbocycles. The number of thioether (sulfide) groups is 1. The van der Waals surface area contributed by atoms with Gasteiger partial charge in [0.15, 0.2) is 10.8 Å². The normalized spacial score (nSPS) is 14.2. The van der Waals surface area contributed by atoms with Gasteiger partial charge in [0.25, 0.3) is 0 Å². The molecular formula is C13H18N4O2S. The van der Waals surface area contributed by atoms with Crippen molar-refractivity contribution in [2.24, 2.45) is 5.73 Å². The first-order valence-electron chi connectivity index (χ1n) is 6.34. The summed E-state index contributed by atoms with van der Waals surface area (Å²) in [5.41, 5.74) is 5.80. The molecule has 0 radical (unpaired) electrons. The Kier molecular flexibility index (Phi) is 4.61. The maximum Gasteiger partial charge on any atom is 0.325 e. The topological polar surface area (TPSA) is 82.5 Å². The molecule has 2 heterocycles. The predicted molar refractivity (Wildman–Crippen MR) is 77.6 cm³/mol. The van der Waals surface area contributed by atoms with E-state index in [2.05, 4.69) is 14.9 Å². The number of carbonyl (C=O) groups excluding carboxylic acids is 1. The molecule has 6 nitrogen and oxygen atoms in total. The highest BCUT2D eigenvalue weighted by atomic mass is 32.2. The van der Waals surface area contributed by atoms with Crippen LogP contribution in [0.1, 0.15) is 19.8 Å². The second-order valence-corrected chi connectivity index (χ2v) is 5.83. The smallest absolute Gasteiger partial charge is 0.325 e. The second-order valence-electron chi connectivity index (χ2n) is 4.77. The molecule has 0 bridgehead atoms. The van der Waals surface area contributed by atoms with E-state index in [1.165, 1.54) is 7.11 Å². The lowest BCUT2D eigenvalue weighted by atomic mass is 9.98. The molecule has 2 N–H and O–H groups in total. The van der Waals surface area contributed by atoms with Crippen LogP contribution in [0, 0.1) is 0 Å². The summed E-state index contributed by atoms with van der Waals surface area (Å²) in [5.74, 6) is 0.440. The molecule has 1 unspecified atom stereocenters. The van der Waals surface area contributed by atoms with E-state index in [9.17, 15) is 4.79 Å². The van der Waals surface area contributed by atoms with Crippen molar-refractivity contribution in [2.75, 3.05) is 12.9 Å². The van der Waals surface area contributed by atoms with E-state index in [1.54, 1.807) is 18.7 Å². The predicted octanol–water partition coefficient (Wildman–Crippen LogP) is 1.49. The maximum atomic E-state index is 11.5. The molecule has 0 saturated heterocycles. The summed E-state index contributed by atoms with van der Waals surface area (Å²) in [6.07, 6.45) is 3.30. The zero-order valence-electron chi connectivity index (χ0n) is 11.6. The number of esters is 1. The number of hydrogen-bond acceptors (Lipinski definition) is 6. The van der Waals surface area contributed by atoms with Crippen LogP contribution in [0.15, 0.2) is 29.6 Å². The summed E-state index contributed by atoms with van der Waals surface area (Å²) in [7, 11) is 1.35. The number of nitrogens with zero attached hydrogens (tertiary/aromatic N) is 3. The van der Waals surface area contributed by atoms with Crippen molar-refractivity contribution in [2.45, 2.75) is 30.5 Å². The minimum atomic E-state index is -0.928. The average Bonchev–Trinajstić information content (AvgIpc) is 2.86. The third kappa shape index (κ3) is 3.29. The zero-order valence-corrected chi connectivity index (χ0v) is 12.4. The number of aromatic nitrogens is 3. The standard InChI is InChI=1S/C13H18N4O2S/c1-13(14,11(18)19-2)7-5-9-20-12-16-15-10-6-3-4-8-17(10)12/h3-4,6,8H,5,7,9,14H2,1-2H3. The first-order chi connectivity index (χ1) is 9.54. The molecule has 0 aliphatic heterocycles. The molecule has 0 fully saturated rings. The fourth-order valence-corrected chi connectivity index (χ4v) is 2.72. The number of nitrogens with two attached hydrogens (primary N) is 1. The first-order valence-corrected chi connectivity index (χ1v) is 7.33. The van der Waals surface area contributed by atoms with Crippen molar-refractivity contribution in [3.05, 3.63) is 24.4 Å². The highest BCUT2D eigenvalue weighted by molar-refractivity contribution is 7.99. The minimum absolute atomic E-state index is 0.379. The van der Waals surface area contributed by atoms with Crippen molar-refractivity contribution < 1.29 is 9.53 Å². The molecule has 2 aromatic rings. The van der Waals surface area contributed by atoms with Gasteiger partial charge in [-0.3, -0.25) is 9.20 Å². The van der Waals surface area contributed by atoms with E-state index >= 15 is 0 Å². The second kappa shape index (κ2) is 6.23. The molecule has 0 spiro atoms. The summed E-state index contributed by atoms with van der Waals surface area (Å²) in [6.45, 7) is 1.69. The van der Waals surface area contributed by atoms with Gasteiger partial charge in [-0.05, 0) is 31.9 Å². The monoisotopic (exact) mass is 294 g/mol. The molecule has 108 valence electrons. The van der Waals surface area contributed by atoms with Crippen molar-refractivity contribution in [1.82, 2.24) is 14.6 Å². The van der Waals surface area contributed by atoms with Crippen molar-refractivity contribution >= 4 is 23.4 Å². The first kappa shape index (κ1) is 14.8. The summed E-state index contributed by atoms with van der Waals surface area (Å²) in [6, 6.07) is 5.77. The van der Waals surface area contributed by atoms with Gasteiger partial charge in [0, 0.05) is 11.9 Å². The van der Waals surface area contributed by atoms with Gasteiger partial charge in [-0.1, -0.05) is 17.8 Å². The van der Waals surface area contributed by atoms with Gasteiger partial charge >= 0.3 is 5.97 Å². The Morgan fingerprint density at radius 3 is 3.05 bits per heavy atom. The quantitative estimate of drug-likeness (QED) is 0.494. The Balaban J connectivity index is 1.86. The van der Waals surface area contributed by atoms with Gasteiger partial charge < -0.3 is 10.5 Å². The Morgan fingerprint density at radius 1 is 1.50 bits per heavy atom. The number of methoxy groups -OCH3 is 1. The fraction of sp³-hybridized carbons (Fsp3) is 0.462. The van der Waals surface area contributed by atoms with Crippen LogP contribution in [0.25, 0.3) is 5.65 Å². The lowest BCUT2D eigenvalue weighted by Gasteiger charge is -2.20. The fourth-order valence-electron chi connectivity index (χ4n) is 1.86. The van der Waals surface area contributed by atoms with E-state index in [1.807, 2.05) is 28.8 Å². The van der Waals surface area contributed by atoms with Crippen LogP contribution in [0.4, 0.5) is 0 Å². The third-order valence-electron chi connectivity index (χ3n) is 3.01. The van der Waals surface area contributed by atoms with E-state index in [0.717, 1.165) is 23.0 Å². The molecule has 20 heavy (non-hydrogen) atoms. The highest BCUT2D eigenvalue weighted by Gasteiger charge is 2.28. The number of ether oxygens (including phenoxy) is 1. The van der Waals surface area contributed by atoms with E-state index in [-0.39, 0.29) is 5.97 Å². The Hall–Kier alpha value is -1.60. The summed E-state index contributed by atoms with van der Waals surface area (Å²) in [5, 5.41) is 9.06. The maximum absolute atomic E-state index is 11.5. The van der Waals surface area contributed by atoms with Gasteiger partial charge in [-0.25, -0.2) is 0 Å². The number of carbonyl (C=O) groups is 1. The summed E-state index contributed by atoms with van der Waals surface area (Å²) in [4.78, 5) is 11.5. The molecule has 2 aromatic heterocycles. The third-order valence-corrected chi connectivity index (χ3v) is 4.04. The number of hydrogen-bond donors (Lipinski definition) is 1. The van der Waals surface area contributed by atoms with E-state index in [4.69, 9.17) is 5.73 Å². The van der Waals surface area contributed by atoms with Gasteiger partial charge in [-0.15, -0.1) is 10.2 Å². The molecule has 1 atom stereocenters. The highest BCUT2D eigenvalue weighted by Crippen LogP contribution is 2.20. The molecular weight excluding hydrogens is 276 g/mol. The zero-order chi connectivity index (χ0) is 14.6. The van der Waals surface area contributed by atoms with Crippen LogP contribution < -0.4 is 5.73 Å². The lowest BCUT2D eigenvalue weighted by Crippen LogP contribution is -2.45. The van der Waals surface area contributed by atoms with Crippen LogP contribution in [-0.4, -0.2) is 39.0 Å². The molecule has 0 aromatic carbocycles. The summed E-state index contributed by atoms with van der Waals surface area (Å²) >= 11 is 1.60. The van der Waals surface area contributed by atoms with E-state index < -0.39 is 5.54 Å². The van der Waals surface area contributed by atoms with Crippen LogP contribution in [0.3, 0.4) is 0 Å². The van der Waals surface area contributed by atoms with Crippen LogP contribution in [-0.2, 0) is 9.53 Å². The molecule has 0 amide bonds. The number of rotatable bonds is 6. The molecule has 7 heteroatoms. The van der Waals surface area contributed by atoms with Crippen molar-refractivity contribution in [3.8, 4) is 0 Å². The molecule has 2 rings (SSSR count). The minimum Gasteiger partial charge on any atom is -0.468 e. The Bertz CT molecular complexity index is 597. The Morgan fingerprint density at radius 2 is 2.30 bits per heavy atom. The lowest BCUT2D eigenvalue weighted by molar-refractivity contribution is -0.146. The van der Waals surface area contributed by atoms with Gasteiger partial charge in [-0.2, -0.15) is 0 Å². The SMILES string of the molecule is COC(=O)C(C)(N)CCCSc1nnc2ccccn12. The average molecular weight is 294 g/mol. The van der Waals surface area contributed by atoms with Gasteiger partial charge in [0.1, 0.15) is 5.54 Å². The molecule has 0 aliphatic carbocycles. The van der Waals surface area contributed by atoms with Crippen molar-refractivity contribution in [3.63, 3.8) is 0 Å².